The second kappa shape index (κ2) is 5.04. The molecule has 0 spiro atoms. The van der Waals surface area contributed by atoms with Gasteiger partial charge in [-0.2, -0.15) is 0 Å². The van der Waals surface area contributed by atoms with Gasteiger partial charge in [0.1, 0.15) is 11.5 Å². The molecule has 112 valence electrons. The number of H-pyrrole nitrogens is 2. The molecule has 2 aromatic rings. The van der Waals surface area contributed by atoms with Gasteiger partial charge in [-0.3, -0.25) is 9.89 Å². The molecule has 0 saturated heterocycles. The molecule has 2 rings (SSSR count). The standard InChI is InChI=1S/C13H17N5O3/c1-6-5-7(8(14-6)11(20)21)15-10(19)9-16-12(18-17-9)13(2,3)4/h5,14H,1-4H3,(H,15,19)(H,20,21)(H,16,17,18). The highest BCUT2D eigenvalue weighted by Crippen LogP contribution is 2.19. The third-order valence-corrected chi connectivity index (χ3v) is 2.81. The van der Waals surface area contributed by atoms with E-state index >= 15 is 0 Å². The molecule has 0 saturated carbocycles. The van der Waals surface area contributed by atoms with Crippen molar-refractivity contribution in [1.29, 1.82) is 0 Å². The fourth-order valence-electron chi connectivity index (χ4n) is 1.73. The van der Waals surface area contributed by atoms with E-state index in [2.05, 4.69) is 25.5 Å². The fourth-order valence-corrected chi connectivity index (χ4v) is 1.73. The maximum absolute atomic E-state index is 12.1. The Hall–Kier alpha value is -2.64. The van der Waals surface area contributed by atoms with Crippen molar-refractivity contribution in [1.82, 2.24) is 20.2 Å². The number of aryl methyl sites for hydroxylation is 1. The molecule has 2 heterocycles. The van der Waals surface area contributed by atoms with Crippen LogP contribution < -0.4 is 5.32 Å². The van der Waals surface area contributed by atoms with Crippen molar-refractivity contribution >= 4 is 17.6 Å². The van der Waals surface area contributed by atoms with Gasteiger partial charge in [-0.05, 0) is 13.0 Å². The number of hydrogen-bond donors (Lipinski definition) is 4. The van der Waals surface area contributed by atoms with Crippen LogP contribution in [0.2, 0.25) is 0 Å². The zero-order valence-electron chi connectivity index (χ0n) is 12.2. The molecule has 8 heteroatoms. The number of aromatic carboxylic acids is 1. The Kier molecular flexibility index (Phi) is 3.54. The second-order valence-electron chi connectivity index (χ2n) is 5.76. The Morgan fingerprint density at radius 3 is 2.52 bits per heavy atom. The smallest absolute Gasteiger partial charge is 0.354 e. The van der Waals surface area contributed by atoms with Gasteiger partial charge < -0.3 is 15.4 Å². The summed E-state index contributed by atoms with van der Waals surface area (Å²) in [7, 11) is 0. The summed E-state index contributed by atoms with van der Waals surface area (Å²) in [6.07, 6.45) is 0. The van der Waals surface area contributed by atoms with Crippen molar-refractivity contribution in [3.63, 3.8) is 0 Å². The number of hydrogen-bond acceptors (Lipinski definition) is 4. The van der Waals surface area contributed by atoms with Gasteiger partial charge in [0, 0.05) is 11.1 Å². The minimum atomic E-state index is -1.15. The summed E-state index contributed by atoms with van der Waals surface area (Å²) in [5, 5.41) is 18.1. The van der Waals surface area contributed by atoms with Gasteiger partial charge in [0.25, 0.3) is 5.91 Å². The first-order valence-electron chi connectivity index (χ1n) is 6.35. The summed E-state index contributed by atoms with van der Waals surface area (Å²) in [6, 6.07) is 1.54. The molecule has 0 aromatic carbocycles. The van der Waals surface area contributed by atoms with E-state index in [4.69, 9.17) is 5.11 Å². The molecule has 2 aromatic heterocycles. The highest BCUT2D eigenvalue weighted by atomic mass is 16.4. The van der Waals surface area contributed by atoms with Crippen LogP contribution in [0.5, 0.6) is 0 Å². The van der Waals surface area contributed by atoms with E-state index in [-0.39, 0.29) is 22.6 Å². The summed E-state index contributed by atoms with van der Waals surface area (Å²) in [5.41, 5.74) is 0.482. The molecule has 0 atom stereocenters. The van der Waals surface area contributed by atoms with Gasteiger partial charge in [0.05, 0.1) is 5.69 Å². The van der Waals surface area contributed by atoms with Gasteiger partial charge in [-0.15, -0.1) is 5.10 Å². The van der Waals surface area contributed by atoms with Crippen molar-refractivity contribution in [3.8, 4) is 0 Å². The summed E-state index contributed by atoms with van der Waals surface area (Å²) < 4.78 is 0. The van der Waals surface area contributed by atoms with Gasteiger partial charge in [-0.25, -0.2) is 9.78 Å². The lowest BCUT2D eigenvalue weighted by molar-refractivity contribution is 0.0692. The van der Waals surface area contributed by atoms with Crippen LogP contribution in [-0.2, 0) is 5.41 Å². The van der Waals surface area contributed by atoms with Crippen molar-refractivity contribution < 1.29 is 14.7 Å². The number of aromatic nitrogens is 4. The predicted octanol–water partition coefficient (Wildman–Crippen LogP) is 1.69. The van der Waals surface area contributed by atoms with E-state index in [1.165, 1.54) is 0 Å². The third-order valence-electron chi connectivity index (χ3n) is 2.81. The molecule has 8 nitrogen and oxygen atoms in total. The molecular weight excluding hydrogens is 274 g/mol. The minimum Gasteiger partial charge on any atom is -0.477 e. The van der Waals surface area contributed by atoms with Crippen LogP contribution >= 0.6 is 0 Å². The van der Waals surface area contributed by atoms with E-state index in [9.17, 15) is 9.59 Å². The number of carboxylic acids is 1. The van der Waals surface area contributed by atoms with E-state index in [0.29, 0.717) is 11.5 Å². The van der Waals surface area contributed by atoms with Crippen LogP contribution in [0.3, 0.4) is 0 Å². The first-order chi connectivity index (χ1) is 9.68. The van der Waals surface area contributed by atoms with Gasteiger partial charge in [0.15, 0.2) is 0 Å². The quantitative estimate of drug-likeness (QED) is 0.685. The molecule has 0 bridgehead atoms. The first-order valence-corrected chi connectivity index (χ1v) is 6.35. The number of amides is 1. The molecule has 0 aliphatic heterocycles. The van der Waals surface area contributed by atoms with E-state index < -0.39 is 11.9 Å². The van der Waals surface area contributed by atoms with Crippen LogP contribution in [0, 0.1) is 6.92 Å². The lowest BCUT2D eigenvalue weighted by Crippen LogP contribution is -2.17. The van der Waals surface area contributed by atoms with Gasteiger partial charge in [0.2, 0.25) is 5.82 Å². The zero-order valence-corrected chi connectivity index (χ0v) is 12.2. The molecule has 0 unspecified atom stereocenters. The highest BCUT2D eigenvalue weighted by Gasteiger charge is 2.22. The van der Waals surface area contributed by atoms with Crippen molar-refractivity contribution in [3.05, 3.63) is 29.1 Å². The number of rotatable bonds is 3. The molecular formula is C13H17N5O3. The normalized spacial score (nSPS) is 11.4. The van der Waals surface area contributed by atoms with Gasteiger partial charge in [-0.1, -0.05) is 20.8 Å². The van der Waals surface area contributed by atoms with Crippen LogP contribution in [0.1, 0.15) is 53.4 Å². The van der Waals surface area contributed by atoms with Crippen molar-refractivity contribution in [2.24, 2.45) is 0 Å². The summed E-state index contributed by atoms with van der Waals surface area (Å²) in [5.74, 6) is -1.17. The number of carbonyl (C=O) groups excluding carboxylic acids is 1. The number of nitrogens with one attached hydrogen (secondary N) is 3. The molecule has 21 heavy (non-hydrogen) atoms. The summed E-state index contributed by atoms with van der Waals surface area (Å²) >= 11 is 0. The van der Waals surface area contributed by atoms with Crippen LogP contribution in [0.15, 0.2) is 6.07 Å². The first kappa shape index (κ1) is 14.8. The van der Waals surface area contributed by atoms with Crippen molar-refractivity contribution in [2.45, 2.75) is 33.1 Å². The number of carboxylic acid groups (broad SMARTS) is 1. The minimum absolute atomic E-state index is 0.0323. The van der Waals surface area contributed by atoms with E-state index in [1.54, 1.807) is 13.0 Å². The highest BCUT2D eigenvalue weighted by molar-refractivity contribution is 6.05. The van der Waals surface area contributed by atoms with Crippen LogP contribution in [0.25, 0.3) is 0 Å². The predicted molar refractivity (Wildman–Crippen MR) is 75.5 cm³/mol. The number of carbonyl (C=O) groups is 2. The number of aromatic amines is 2. The van der Waals surface area contributed by atoms with Crippen molar-refractivity contribution in [2.75, 3.05) is 5.32 Å². The third kappa shape index (κ3) is 3.10. The SMILES string of the molecule is Cc1cc(NC(=O)c2n[nH]c(C(C)(C)C)n2)c(C(=O)O)[nH]1. The Bertz CT molecular complexity index is 693. The molecule has 1 amide bonds. The summed E-state index contributed by atoms with van der Waals surface area (Å²) in [6.45, 7) is 7.51. The zero-order chi connectivity index (χ0) is 15.8. The average molecular weight is 291 g/mol. The Morgan fingerprint density at radius 2 is 2.00 bits per heavy atom. The Labute approximate surface area is 121 Å². The summed E-state index contributed by atoms with van der Waals surface area (Å²) in [4.78, 5) is 29.9. The maximum Gasteiger partial charge on any atom is 0.354 e. The lowest BCUT2D eigenvalue weighted by Gasteiger charge is -2.12. The molecule has 0 aliphatic rings. The molecule has 4 N–H and O–H groups in total. The Morgan fingerprint density at radius 1 is 1.33 bits per heavy atom. The molecule has 0 aliphatic carbocycles. The number of anilines is 1. The second-order valence-corrected chi connectivity index (χ2v) is 5.76. The largest absolute Gasteiger partial charge is 0.477 e. The molecule has 0 fully saturated rings. The maximum atomic E-state index is 12.1. The topological polar surface area (TPSA) is 124 Å². The van der Waals surface area contributed by atoms with Crippen LogP contribution in [-0.4, -0.2) is 37.1 Å². The Balaban J connectivity index is 2.22. The monoisotopic (exact) mass is 291 g/mol. The van der Waals surface area contributed by atoms with Crippen LogP contribution in [0.4, 0.5) is 5.69 Å². The molecule has 0 radical (unpaired) electrons. The number of nitrogens with zero attached hydrogens (tertiary/aromatic N) is 2. The lowest BCUT2D eigenvalue weighted by atomic mass is 9.96. The average Bonchev–Trinajstić information content (AvgIpc) is 2.94. The fraction of sp³-hybridized carbons (Fsp3) is 0.385. The van der Waals surface area contributed by atoms with Gasteiger partial charge >= 0.3 is 5.97 Å². The van der Waals surface area contributed by atoms with E-state index in [0.717, 1.165) is 0 Å². The van der Waals surface area contributed by atoms with E-state index in [1.807, 2.05) is 20.8 Å².